The van der Waals surface area contributed by atoms with Crippen molar-refractivity contribution in [2.24, 2.45) is 0 Å². The van der Waals surface area contributed by atoms with Gasteiger partial charge in [-0.15, -0.1) is 0 Å². The summed E-state index contributed by atoms with van der Waals surface area (Å²) in [6.45, 7) is 17.3. The number of hydrogen-bond donors (Lipinski definition) is 1. The second kappa shape index (κ2) is 6.58. The summed E-state index contributed by atoms with van der Waals surface area (Å²) in [7, 11) is 0. The molecule has 16 heavy (non-hydrogen) atoms. The molecule has 3 heteroatoms. The van der Waals surface area contributed by atoms with Crippen LogP contribution in [0.3, 0.4) is 0 Å². The zero-order valence-corrected chi connectivity index (χ0v) is 11.7. The maximum Gasteiger partial charge on any atom is 0.0193 e. The standard InChI is InChI=1S/C13H29N3/c1-11(2)14-10-13(5)16-8-6-15(7-9-16)12(3)4/h11-14H,6-10H2,1-5H3. The molecule has 3 nitrogen and oxygen atoms in total. The van der Waals surface area contributed by atoms with E-state index in [1.807, 2.05) is 0 Å². The van der Waals surface area contributed by atoms with Crippen LogP contribution in [0.25, 0.3) is 0 Å². The predicted octanol–water partition coefficient (Wildman–Crippen LogP) is 1.40. The van der Waals surface area contributed by atoms with Crippen LogP contribution in [-0.4, -0.2) is 60.6 Å². The van der Waals surface area contributed by atoms with Crippen LogP contribution in [0.1, 0.15) is 34.6 Å². The minimum Gasteiger partial charge on any atom is -0.313 e. The van der Waals surface area contributed by atoms with Gasteiger partial charge in [0.25, 0.3) is 0 Å². The van der Waals surface area contributed by atoms with Gasteiger partial charge in [-0.05, 0) is 20.8 Å². The van der Waals surface area contributed by atoms with Crippen LogP contribution in [0.15, 0.2) is 0 Å². The topological polar surface area (TPSA) is 18.5 Å². The van der Waals surface area contributed by atoms with E-state index in [4.69, 9.17) is 0 Å². The number of hydrogen-bond acceptors (Lipinski definition) is 3. The molecule has 0 radical (unpaired) electrons. The average Bonchev–Trinajstić information content (AvgIpc) is 2.26. The highest BCUT2D eigenvalue weighted by Gasteiger charge is 2.21. The molecular weight excluding hydrogens is 198 g/mol. The van der Waals surface area contributed by atoms with Gasteiger partial charge < -0.3 is 5.32 Å². The molecule has 0 spiro atoms. The minimum absolute atomic E-state index is 0.597. The lowest BCUT2D eigenvalue weighted by atomic mass is 10.2. The van der Waals surface area contributed by atoms with Crippen LogP contribution < -0.4 is 5.32 Å². The van der Waals surface area contributed by atoms with E-state index < -0.39 is 0 Å². The lowest BCUT2D eigenvalue weighted by molar-refractivity contribution is 0.0825. The second-order valence-electron chi connectivity index (χ2n) is 5.58. The average molecular weight is 227 g/mol. The van der Waals surface area contributed by atoms with Crippen molar-refractivity contribution in [2.45, 2.75) is 52.7 Å². The van der Waals surface area contributed by atoms with Gasteiger partial charge in [0.2, 0.25) is 0 Å². The lowest BCUT2D eigenvalue weighted by Crippen LogP contribution is -2.53. The summed E-state index contributed by atoms with van der Waals surface area (Å²) in [5, 5.41) is 3.52. The smallest absolute Gasteiger partial charge is 0.0193 e. The molecule has 1 heterocycles. The van der Waals surface area contributed by atoms with Crippen molar-refractivity contribution in [1.29, 1.82) is 0 Å². The predicted molar refractivity (Wildman–Crippen MR) is 70.9 cm³/mol. The Morgan fingerprint density at radius 1 is 0.875 bits per heavy atom. The summed E-state index contributed by atoms with van der Waals surface area (Å²) < 4.78 is 0. The number of nitrogens with zero attached hydrogens (tertiary/aromatic N) is 2. The quantitative estimate of drug-likeness (QED) is 0.766. The van der Waals surface area contributed by atoms with Crippen molar-refractivity contribution in [3.05, 3.63) is 0 Å². The maximum atomic E-state index is 3.52. The summed E-state index contributed by atoms with van der Waals surface area (Å²) >= 11 is 0. The highest BCUT2D eigenvalue weighted by atomic mass is 15.3. The zero-order valence-electron chi connectivity index (χ0n) is 11.7. The summed E-state index contributed by atoms with van der Waals surface area (Å²) in [6.07, 6.45) is 0. The molecule has 1 aliphatic rings. The van der Waals surface area contributed by atoms with Gasteiger partial charge in [0.1, 0.15) is 0 Å². The molecular formula is C13H29N3. The molecule has 0 aromatic heterocycles. The van der Waals surface area contributed by atoms with Gasteiger partial charge in [-0.2, -0.15) is 0 Å². The van der Waals surface area contributed by atoms with Crippen molar-refractivity contribution in [3.63, 3.8) is 0 Å². The molecule has 1 aliphatic heterocycles. The Hall–Kier alpha value is -0.120. The van der Waals surface area contributed by atoms with Gasteiger partial charge in [-0.1, -0.05) is 13.8 Å². The first-order chi connectivity index (χ1) is 7.50. The molecule has 0 aromatic carbocycles. The fourth-order valence-electron chi connectivity index (χ4n) is 2.23. The van der Waals surface area contributed by atoms with E-state index in [0.717, 1.165) is 6.54 Å². The van der Waals surface area contributed by atoms with E-state index >= 15 is 0 Å². The molecule has 1 N–H and O–H groups in total. The van der Waals surface area contributed by atoms with Crippen molar-refractivity contribution in [2.75, 3.05) is 32.7 Å². The van der Waals surface area contributed by atoms with Gasteiger partial charge in [0, 0.05) is 50.8 Å². The SMILES string of the molecule is CC(C)NCC(C)N1CCN(C(C)C)CC1. The maximum absolute atomic E-state index is 3.52. The molecule has 1 saturated heterocycles. The third-order valence-electron chi connectivity index (χ3n) is 3.52. The molecule has 0 saturated carbocycles. The first kappa shape index (κ1) is 13.9. The highest BCUT2D eigenvalue weighted by Crippen LogP contribution is 2.08. The summed E-state index contributed by atoms with van der Waals surface area (Å²) in [4.78, 5) is 5.17. The van der Waals surface area contributed by atoms with E-state index in [1.54, 1.807) is 0 Å². The third kappa shape index (κ3) is 4.40. The Labute approximate surface area is 101 Å². The first-order valence-electron chi connectivity index (χ1n) is 6.72. The third-order valence-corrected chi connectivity index (χ3v) is 3.52. The molecule has 1 rings (SSSR count). The fraction of sp³-hybridized carbons (Fsp3) is 1.00. The summed E-state index contributed by atoms with van der Waals surface area (Å²) in [5.74, 6) is 0. The van der Waals surface area contributed by atoms with Crippen molar-refractivity contribution in [3.8, 4) is 0 Å². The molecule has 0 amide bonds. The Balaban J connectivity index is 2.24. The molecule has 0 aliphatic carbocycles. The first-order valence-corrected chi connectivity index (χ1v) is 6.72. The molecule has 1 fully saturated rings. The molecule has 0 bridgehead atoms. The normalized spacial score (nSPS) is 21.9. The Kier molecular flexibility index (Phi) is 5.73. The minimum atomic E-state index is 0.597. The van der Waals surface area contributed by atoms with Crippen molar-refractivity contribution >= 4 is 0 Å². The van der Waals surface area contributed by atoms with E-state index in [0.29, 0.717) is 18.1 Å². The van der Waals surface area contributed by atoms with Crippen molar-refractivity contribution in [1.82, 2.24) is 15.1 Å². The number of piperazine rings is 1. The van der Waals surface area contributed by atoms with Crippen LogP contribution >= 0.6 is 0 Å². The van der Waals surface area contributed by atoms with E-state index in [-0.39, 0.29) is 0 Å². The van der Waals surface area contributed by atoms with Crippen LogP contribution in [0.2, 0.25) is 0 Å². The van der Waals surface area contributed by atoms with Gasteiger partial charge in [-0.25, -0.2) is 0 Å². The lowest BCUT2D eigenvalue weighted by Gasteiger charge is -2.40. The molecule has 0 aromatic rings. The van der Waals surface area contributed by atoms with Crippen LogP contribution in [-0.2, 0) is 0 Å². The van der Waals surface area contributed by atoms with E-state index in [2.05, 4.69) is 49.7 Å². The molecule has 96 valence electrons. The van der Waals surface area contributed by atoms with Gasteiger partial charge in [-0.3, -0.25) is 9.80 Å². The molecule has 1 atom stereocenters. The second-order valence-corrected chi connectivity index (χ2v) is 5.58. The number of rotatable bonds is 5. The van der Waals surface area contributed by atoms with Gasteiger partial charge in [0.15, 0.2) is 0 Å². The zero-order chi connectivity index (χ0) is 12.1. The van der Waals surface area contributed by atoms with Crippen LogP contribution in [0.5, 0.6) is 0 Å². The van der Waals surface area contributed by atoms with Crippen molar-refractivity contribution < 1.29 is 0 Å². The molecule has 1 unspecified atom stereocenters. The largest absolute Gasteiger partial charge is 0.313 e. The highest BCUT2D eigenvalue weighted by molar-refractivity contribution is 4.79. The number of nitrogens with one attached hydrogen (secondary N) is 1. The Bertz CT molecular complexity index is 184. The van der Waals surface area contributed by atoms with Crippen LogP contribution in [0.4, 0.5) is 0 Å². The van der Waals surface area contributed by atoms with Gasteiger partial charge >= 0.3 is 0 Å². The van der Waals surface area contributed by atoms with Gasteiger partial charge in [0.05, 0.1) is 0 Å². The Morgan fingerprint density at radius 2 is 1.38 bits per heavy atom. The fourth-order valence-corrected chi connectivity index (χ4v) is 2.23. The van der Waals surface area contributed by atoms with E-state index in [1.165, 1.54) is 26.2 Å². The Morgan fingerprint density at radius 3 is 1.81 bits per heavy atom. The van der Waals surface area contributed by atoms with Crippen LogP contribution in [0, 0.1) is 0 Å². The monoisotopic (exact) mass is 227 g/mol. The summed E-state index contributed by atoms with van der Waals surface area (Å²) in [6, 6.07) is 1.96. The van der Waals surface area contributed by atoms with E-state index in [9.17, 15) is 0 Å². The summed E-state index contributed by atoms with van der Waals surface area (Å²) in [5.41, 5.74) is 0.